The summed E-state index contributed by atoms with van der Waals surface area (Å²) in [5.74, 6) is 0. The summed E-state index contributed by atoms with van der Waals surface area (Å²) in [4.78, 5) is 0. The van der Waals surface area contributed by atoms with E-state index in [1.54, 1.807) is 3.58 Å². The molecule has 136 valence electrons. The molecule has 0 fully saturated rings. The normalized spacial score (nSPS) is 11.7. The number of halogens is 1. The van der Waals surface area contributed by atoms with Crippen molar-refractivity contribution in [1.82, 2.24) is 0 Å². The second-order valence-electron chi connectivity index (χ2n) is 7.48. The predicted molar refractivity (Wildman–Crippen MR) is 119 cm³/mol. The maximum absolute atomic E-state index is 3.62. The fraction of sp³-hybridized carbons (Fsp3) is 0.478. The Morgan fingerprint density at radius 3 is 1.84 bits per heavy atom. The van der Waals surface area contributed by atoms with E-state index < -0.39 is 18.4 Å². The molecule has 0 saturated carbocycles. The van der Waals surface area contributed by atoms with Crippen LogP contribution in [0, 0.1) is 6.92 Å². The minimum absolute atomic E-state index is 1.21. The number of benzene rings is 2. The molecular formula is C23H33BrSn. The van der Waals surface area contributed by atoms with E-state index in [1.165, 1.54) is 61.0 Å². The summed E-state index contributed by atoms with van der Waals surface area (Å²) in [5.41, 5.74) is 2.89. The van der Waals surface area contributed by atoms with Crippen molar-refractivity contribution in [2.45, 2.75) is 66.2 Å². The molecule has 0 N–H and O–H groups in total. The molecule has 2 heteroatoms. The molecule has 0 amide bonds. The molecule has 2 aromatic carbocycles. The Balaban J connectivity index is 2.26. The Hall–Kier alpha value is -0.281. The van der Waals surface area contributed by atoms with Gasteiger partial charge in [-0.1, -0.05) is 0 Å². The monoisotopic (exact) mass is 508 g/mol. The van der Waals surface area contributed by atoms with Gasteiger partial charge in [0.25, 0.3) is 0 Å². The molecule has 0 unspecified atom stereocenters. The first-order valence-electron chi connectivity index (χ1n) is 9.91. The van der Waals surface area contributed by atoms with Gasteiger partial charge >= 0.3 is 168 Å². The van der Waals surface area contributed by atoms with Gasteiger partial charge in [-0.2, -0.15) is 0 Å². The first-order chi connectivity index (χ1) is 12.1. The van der Waals surface area contributed by atoms with Crippen molar-refractivity contribution in [3.05, 3.63) is 64.1 Å². The molecule has 25 heavy (non-hydrogen) atoms. The summed E-state index contributed by atoms with van der Waals surface area (Å²) < 4.78 is 7.43. The van der Waals surface area contributed by atoms with Gasteiger partial charge in [-0.05, 0) is 0 Å². The van der Waals surface area contributed by atoms with E-state index in [0.29, 0.717) is 0 Å². The Labute approximate surface area is 167 Å². The van der Waals surface area contributed by atoms with Crippen molar-refractivity contribution in [1.29, 1.82) is 0 Å². The van der Waals surface area contributed by atoms with Crippen LogP contribution >= 0.6 is 15.9 Å². The van der Waals surface area contributed by atoms with Crippen LogP contribution in [0.5, 0.6) is 0 Å². The molecule has 0 aliphatic heterocycles. The van der Waals surface area contributed by atoms with E-state index in [1.807, 2.05) is 0 Å². The summed E-state index contributed by atoms with van der Waals surface area (Å²) in [6.07, 6.45) is 6.73. The van der Waals surface area contributed by atoms with Gasteiger partial charge < -0.3 is 0 Å². The van der Waals surface area contributed by atoms with Crippen molar-refractivity contribution in [2.75, 3.05) is 0 Å². The maximum atomic E-state index is 3.62. The van der Waals surface area contributed by atoms with Gasteiger partial charge in [0.15, 0.2) is 0 Å². The van der Waals surface area contributed by atoms with Gasteiger partial charge in [0.05, 0.1) is 0 Å². The predicted octanol–water partition coefficient (Wildman–Crippen LogP) is 7.26. The van der Waals surface area contributed by atoms with Gasteiger partial charge in [0, 0.05) is 0 Å². The molecule has 0 saturated heterocycles. The Bertz CT molecular complexity index is 608. The fourth-order valence-corrected chi connectivity index (χ4v) is 19.2. The van der Waals surface area contributed by atoms with E-state index >= 15 is 0 Å². The van der Waals surface area contributed by atoms with E-state index in [4.69, 9.17) is 0 Å². The van der Waals surface area contributed by atoms with Crippen molar-refractivity contribution in [2.24, 2.45) is 0 Å². The summed E-state index contributed by atoms with van der Waals surface area (Å²) in [7, 11) is 0. The van der Waals surface area contributed by atoms with Crippen LogP contribution in [0.3, 0.4) is 0 Å². The van der Waals surface area contributed by atoms with E-state index in [-0.39, 0.29) is 0 Å². The van der Waals surface area contributed by atoms with Crippen LogP contribution in [0.4, 0.5) is 0 Å². The molecule has 0 aliphatic rings. The quantitative estimate of drug-likeness (QED) is 0.297. The van der Waals surface area contributed by atoms with Gasteiger partial charge in [-0.25, -0.2) is 0 Å². The van der Waals surface area contributed by atoms with Gasteiger partial charge in [0.1, 0.15) is 0 Å². The van der Waals surface area contributed by atoms with Crippen molar-refractivity contribution >= 4 is 37.9 Å². The molecule has 0 aromatic heterocycles. The molecule has 0 aliphatic carbocycles. The number of hydrogen-bond acceptors (Lipinski definition) is 0. The third-order valence-electron chi connectivity index (χ3n) is 5.49. The Morgan fingerprint density at radius 1 is 0.760 bits per heavy atom. The zero-order valence-electron chi connectivity index (χ0n) is 16.2. The van der Waals surface area contributed by atoms with E-state index in [2.05, 4.69) is 85.2 Å². The Morgan fingerprint density at radius 2 is 1.32 bits per heavy atom. The molecule has 0 heterocycles. The van der Waals surface area contributed by atoms with Gasteiger partial charge in [-0.3, -0.25) is 0 Å². The zero-order valence-corrected chi connectivity index (χ0v) is 20.6. The number of aryl methyl sites for hydroxylation is 2. The second kappa shape index (κ2) is 10.8. The third kappa shape index (κ3) is 6.43. The van der Waals surface area contributed by atoms with Crippen molar-refractivity contribution in [3.63, 3.8) is 0 Å². The van der Waals surface area contributed by atoms with Crippen LogP contribution in [0.15, 0.2) is 53.0 Å². The van der Waals surface area contributed by atoms with Crippen LogP contribution in [-0.2, 0) is 6.42 Å². The minimum atomic E-state index is -2.36. The average molecular weight is 508 g/mol. The number of unbranched alkanes of at least 4 members (excludes halogenated alkanes) is 2. The second-order valence-corrected chi connectivity index (χ2v) is 21.6. The summed E-state index contributed by atoms with van der Waals surface area (Å²) >= 11 is 1.26. The molecule has 0 radical (unpaired) electrons. The summed E-state index contributed by atoms with van der Waals surface area (Å²) in [6.45, 7) is 6.87. The Kier molecular flexibility index (Phi) is 9.05. The third-order valence-corrected chi connectivity index (χ3v) is 21.4. The van der Waals surface area contributed by atoms with Crippen LogP contribution in [0.1, 0.15) is 50.7 Å². The van der Waals surface area contributed by atoms with Crippen LogP contribution in [-0.4, -0.2) is 18.4 Å². The molecule has 0 bridgehead atoms. The van der Waals surface area contributed by atoms with E-state index in [0.717, 1.165) is 0 Å². The topological polar surface area (TPSA) is 0 Å². The van der Waals surface area contributed by atoms with Gasteiger partial charge in [-0.15, -0.1) is 0 Å². The van der Waals surface area contributed by atoms with Crippen LogP contribution in [0.2, 0.25) is 13.3 Å². The SMILES string of the molecule is CCC[CH2][Sn]([CH2]CCC)([CH2]Cc1ccc(C)cc1)[c]1ccc(Br)cc1. The van der Waals surface area contributed by atoms with E-state index in [9.17, 15) is 0 Å². The molecular weight excluding hydrogens is 475 g/mol. The molecule has 0 nitrogen and oxygen atoms in total. The first-order valence-corrected chi connectivity index (χ1v) is 18.2. The van der Waals surface area contributed by atoms with Gasteiger partial charge in [0.2, 0.25) is 0 Å². The standard InChI is InChI=1S/C9H11.C6H4Br.2C4H9.Sn/c1-3-9-6-4-8(2)5-7-9;7-6-4-2-1-3-5-6;2*1-3-4-2;/h4-7H,1,3H2,2H3;2-5H;2*1,3-4H2,2H3;. The van der Waals surface area contributed by atoms with Crippen molar-refractivity contribution in [3.8, 4) is 0 Å². The van der Waals surface area contributed by atoms with Crippen LogP contribution < -0.4 is 3.58 Å². The molecule has 2 rings (SSSR count). The molecule has 2 aromatic rings. The molecule has 0 atom stereocenters. The van der Waals surface area contributed by atoms with Crippen molar-refractivity contribution < 1.29 is 0 Å². The summed E-state index contributed by atoms with van der Waals surface area (Å²) in [5, 5.41) is 0. The molecule has 0 spiro atoms. The number of hydrogen-bond donors (Lipinski definition) is 0. The average Bonchev–Trinajstić information content (AvgIpc) is 2.63. The first kappa shape index (κ1) is 21.0. The van der Waals surface area contributed by atoms with Crippen LogP contribution in [0.25, 0.3) is 0 Å². The summed E-state index contributed by atoms with van der Waals surface area (Å²) in [6, 6.07) is 18.6. The number of rotatable bonds is 10. The fourth-order valence-electron chi connectivity index (χ4n) is 3.78. The zero-order chi connectivity index (χ0) is 18.1.